The minimum atomic E-state index is -0.963. The van der Waals surface area contributed by atoms with Crippen molar-refractivity contribution in [2.45, 2.75) is 32.2 Å². The smallest absolute Gasteiger partial charge is 0.326 e. The molecule has 23 heavy (non-hydrogen) atoms. The molecule has 0 aromatic heterocycles. The van der Waals surface area contributed by atoms with Crippen LogP contribution in [-0.4, -0.2) is 67.7 Å². The van der Waals surface area contributed by atoms with Crippen LogP contribution in [-0.2, 0) is 23.9 Å². The predicted octanol–water partition coefficient (Wildman–Crippen LogP) is -0.597. The molecule has 0 aliphatic carbocycles. The van der Waals surface area contributed by atoms with E-state index in [1.165, 1.54) is 7.11 Å². The second kappa shape index (κ2) is 8.47. The normalized spacial score (nSPS) is 16.2. The molecular weight excluding hydrogens is 306 g/mol. The Morgan fingerprint density at radius 1 is 1.26 bits per heavy atom. The number of carbonyl (C=O) groups excluding carboxylic acids is 4. The molecule has 0 aromatic carbocycles. The predicted molar refractivity (Wildman–Crippen MR) is 79.4 cm³/mol. The molecule has 2 N–H and O–H groups in total. The van der Waals surface area contributed by atoms with Gasteiger partial charge in [0.2, 0.25) is 0 Å². The fraction of sp³-hybridized carbons (Fsp3) is 0.714. The summed E-state index contributed by atoms with van der Waals surface area (Å²) in [6.45, 7) is 3.23. The third-order valence-corrected chi connectivity index (χ3v) is 3.73. The highest BCUT2D eigenvalue weighted by molar-refractivity contribution is 6.08. The summed E-state index contributed by atoms with van der Waals surface area (Å²) in [5, 5.41) is 5.09. The van der Waals surface area contributed by atoms with Gasteiger partial charge in [0, 0.05) is 13.7 Å². The fourth-order valence-electron chi connectivity index (χ4n) is 2.21. The molecule has 1 heterocycles. The molecule has 0 radical (unpaired) electrons. The lowest BCUT2D eigenvalue weighted by molar-refractivity contribution is -0.151. The largest absolute Gasteiger partial charge is 0.454 e. The Hall–Kier alpha value is -2.16. The van der Waals surface area contributed by atoms with E-state index in [1.54, 1.807) is 13.8 Å². The first-order valence-corrected chi connectivity index (χ1v) is 7.45. The number of carbonyl (C=O) groups is 4. The van der Waals surface area contributed by atoms with Gasteiger partial charge in [-0.05, 0) is 12.8 Å². The number of rotatable bonds is 9. The number of hydrogen-bond acceptors (Lipinski definition) is 6. The average molecular weight is 329 g/mol. The fourth-order valence-corrected chi connectivity index (χ4v) is 2.21. The molecule has 0 saturated carbocycles. The highest BCUT2D eigenvalue weighted by Crippen LogP contribution is 2.24. The summed E-state index contributed by atoms with van der Waals surface area (Å²) in [4.78, 5) is 48.1. The van der Waals surface area contributed by atoms with Gasteiger partial charge in [-0.25, -0.2) is 4.79 Å². The Bertz CT molecular complexity index is 475. The molecule has 0 unspecified atom stereocenters. The van der Waals surface area contributed by atoms with E-state index >= 15 is 0 Å². The van der Waals surface area contributed by atoms with Gasteiger partial charge in [-0.3, -0.25) is 19.3 Å². The highest BCUT2D eigenvalue weighted by Gasteiger charge is 2.49. The van der Waals surface area contributed by atoms with Crippen molar-refractivity contribution in [2.75, 3.05) is 33.4 Å². The van der Waals surface area contributed by atoms with E-state index in [4.69, 9.17) is 9.47 Å². The highest BCUT2D eigenvalue weighted by atomic mass is 16.5. The standard InChI is InChI=1S/C14H23N3O6/c1-4-14(5-2)12(20)17(13(21)16-14)8-11(19)23-9-10(18)15-6-7-22-3/h4-9H2,1-3H3,(H,15,18)(H,16,21). The molecule has 0 aromatic rings. The van der Waals surface area contributed by atoms with Gasteiger partial charge in [0.15, 0.2) is 6.61 Å². The molecule has 0 bridgehead atoms. The van der Waals surface area contributed by atoms with Gasteiger partial charge in [-0.15, -0.1) is 0 Å². The van der Waals surface area contributed by atoms with E-state index in [0.29, 0.717) is 26.0 Å². The van der Waals surface area contributed by atoms with E-state index in [1.807, 2.05) is 0 Å². The Labute approximate surface area is 134 Å². The number of nitrogens with one attached hydrogen (secondary N) is 2. The molecule has 9 nitrogen and oxygen atoms in total. The zero-order chi connectivity index (χ0) is 17.5. The number of amides is 4. The van der Waals surface area contributed by atoms with Crippen LogP contribution < -0.4 is 10.6 Å². The molecule has 1 fully saturated rings. The van der Waals surface area contributed by atoms with Gasteiger partial charge in [0.05, 0.1) is 6.61 Å². The van der Waals surface area contributed by atoms with E-state index in [-0.39, 0.29) is 0 Å². The van der Waals surface area contributed by atoms with Gasteiger partial charge < -0.3 is 20.1 Å². The summed E-state index contributed by atoms with van der Waals surface area (Å²) >= 11 is 0. The van der Waals surface area contributed by atoms with E-state index in [9.17, 15) is 19.2 Å². The third-order valence-electron chi connectivity index (χ3n) is 3.73. The van der Waals surface area contributed by atoms with Crippen molar-refractivity contribution in [3.8, 4) is 0 Å². The van der Waals surface area contributed by atoms with Crippen molar-refractivity contribution in [2.24, 2.45) is 0 Å². The molecule has 1 rings (SSSR count). The number of ether oxygens (including phenoxy) is 2. The minimum absolute atomic E-state index is 0.301. The van der Waals surface area contributed by atoms with E-state index in [0.717, 1.165) is 4.90 Å². The van der Waals surface area contributed by atoms with E-state index in [2.05, 4.69) is 10.6 Å². The summed E-state index contributed by atoms with van der Waals surface area (Å²) in [6, 6.07) is -0.625. The van der Waals surface area contributed by atoms with Crippen molar-refractivity contribution in [1.82, 2.24) is 15.5 Å². The van der Waals surface area contributed by atoms with Gasteiger partial charge in [-0.2, -0.15) is 0 Å². The first-order chi connectivity index (χ1) is 10.9. The number of esters is 1. The zero-order valence-electron chi connectivity index (χ0n) is 13.6. The van der Waals surface area contributed by atoms with Crippen LogP contribution in [0.25, 0.3) is 0 Å². The first kappa shape index (κ1) is 18.9. The van der Waals surface area contributed by atoms with Crippen molar-refractivity contribution in [1.29, 1.82) is 0 Å². The van der Waals surface area contributed by atoms with Crippen molar-refractivity contribution in [3.63, 3.8) is 0 Å². The number of nitrogens with zero attached hydrogens (tertiary/aromatic N) is 1. The molecule has 0 atom stereocenters. The van der Waals surface area contributed by atoms with Gasteiger partial charge in [0.1, 0.15) is 12.1 Å². The van der Waals surface area contributed by atoms with Crippen molar-refractivity contribution in [3.05, 3.63) is 0 Å². The van der Waals surface area contributed by atoms with Crippen LogP contribution in [0.1, 0.15) is 26.7 Å². The Balaban J connectivity index is 2.47. The van der Waals surface area contributed by atoms with Crippen LogP contribution in [0.2, 0.25) is 0 Å². The molecule has 130 valence electrons. The summed E-state index contributed by atoms with van der Waals surface area (Å²) in [6.07, 6.45) is 0.864. The van der Waals surface area contributed by atoms with Crippen molar-refractivity contribution >= 4 is 23.8 Å². The lowest BCUT2D eigenvalue weighted by Gasteiger charge is -2.22. The lowest BCUT2D eigenvalue weighted by atomic mass is 9.93. The minimum Gasteiger partial charge on any atom is -0.454 e. The summed E-state index contributed by atoms with van der Waals surface area (Å²) in [5.74, 6) is -1.75. The Morgan fingerprint density at radius 3 is 2.43 bits per heavy atom. The van der Waals surface area contributed by atoms with Crippen molar-refractivity contribution < 1.29 is 28.7 Å². The maximum absolute atomic E-state index is 12.3. The summed E-state index contributed by atoms with van der Waals surface area (Å²) in [7, 11) is 1.50. The Morgan fingerprint density at radius 2 is 1.91 bits per heavy atom. The number of urea groups is 1. The van der Waals surface area contributed by atoms with Gasteiger partial charge in [-0.1, -0.05) is 13.8 Å². The van der Waals surface area contributed by atoms with Gasteiger partial charge in [0.25, 0.3) is 11.8 Å². The summed E-state index contributed by atoms with van der Waals surface area (Å²) < 4.78 is 9.52. The third kappa shape index (κ3) is 4.65. The summed E-state index contributed by atoms with van der Waals surface area (Å²) in [5.41, 5.74) is -0.963. The molecule has 1 saturated heterocycles. The quantitative estimate of drug-likeness (QED) is 0.332. The lowest BCUT2D eigenvalue weighted by Crippen LogP contribution is -2.46. The van der Waals surface area contributed by atoms with Crippen LogP contribution in [0.15, 0.2) is 0 Å². The number of hydrogen-bond donors (Lipinski definition) is 2. The number of methoxy groups -OCH3 is 1. The first-order valence-electron chi connectivity index (χ1n) is 7.45. The Kier molecular flexibility index (Phi) is 6.95. The molecule has 1 aliphatic heterocycles. The molecule has 4 amide bonds. The SMILES string of the molecule is CCC1(CC)NC(=O)N(CC(=O)OCC(=O)NCCOC)C1=O. The maximum atomic E-state index is 12.3. The molecular formula is C14H23N3O6. The molecule has 1 aliphatic rings. The monoisotopic (exact) mass is 329 g/mol. The maximum Gasteiger partial charge on any atom is 0.326 e. The van der Waals surface area contributed by atoms with E-state index < -0.39 is 42.5 Å². The van der Waals surface area contributed by atoms with Crippen LogP contribution in [0, 0.1) is 0 Å². The second-order valence-electron chi connectivity index (χ2n) is 5.11. The molecule has 0 spiro atoms. The zero-order valence-corrected chi connectivity index (χ0v) is 13.6. The van der Waals surface area contributed by atoms with Gasteiger partial charge >= 0.3 is 12.0 Å². The topological polar surface area (TPSA) is 114 Å². The van der Waals surface area contributed by atoms with Crippen LogP contribution in [0.4, 0.5) is 4.79 Å². The average Bonchev–Trinajstić information content (AvgIpc) is 2.78. The van der Waals surface area contributed by atoms with Crippen LogP contribution >= 0.6 is 0 Å². The van der Waals surface area contributed by atoms with Crippen LogP contribution in [0.3, 0.4) is 0 Å². The van der Waals surface area contributed by atoms with Crippen LogP contribution in [0.5, 0.6) is 0 Å². The number of imide groups is 1. The second-order valence-corrected chi connectivity index (χ2v) is 5.11. The molecule has 9 heteroatoms.